The van der Waals surface area contributed by atoms with Crippen LogP contribution >= 0.6 is 0 Å². The maximum absolute atomic E-state index is 13.8. The molecule has 0 atom stereocenters. The smallest absolute Gasteiger partial charge is 0.328 e. The van der Waals surface area contributed by atoms with Gasteiger partial charge in [0.2, 0.25) is 0 Å². The summed E-state index contributed by atoms with van der Waals surface area (Å²) in [5, 5.41) is 8.63. The number of methoxy groups -OCH3 is 1. The Labute approximate surface area is 112 Å². The summed E-state index contributed by atoms with van der Waals surface area (Å²) in [4.78, 5) is 12.4. The van der Waals surface area contributed by atoms with Crippen molar-refractivity contribution in [1.29, 1.82) is 0 Å². The lowest BCUT2D eigenvalue weighted by Crippen LogP contribution is -2.21. The Morgan fingerprint density at radius 2 is 2.26 bits per heavy atom. The number of rotatable bonds is 7. The molecule has 0 spiro atoms. The Morgan fingerprint density at radius 3 is 2.89 bits per heavy atom. The molecule has 0 saturated heterocycles. The molecule has 0 bridgehead atoms. The molecule has 0 radical (unpaired) electrons. The zero-order valence-electron chi connectivity index (χ0n) is 11.1. The molecule has 0 saturated carbocycles. The molecule has 1 rings (SSSR count). The van der Waals surface area contributed by atoms with Gasteiger partial charge in [-0.15, -0.1) is 0 Å². The van der Waals surface area contributed by atoms with Gasteiger partial charge in [-0.05, 0) is 24.6 Å². The van der Waals surface area contributed by atoms with Crippen molar-refractivity contribution in [1.82, 2.24) is 0 Å². The van der Waals surface area contributed by atoms with Crippen LogP contribution in [0.5, 0.6) is 0 Å². The fraction of sp³-hybridized carbons (Fsp3) is 0.357. The van der Waals surface area contributed by atoms with Crippen LogP contribution in [0, 0.1) is 5.82 Å². The number of carboxylic acid groups (broad SMARTS) is 1. The molecule has 104 valence electrons. The molecular weight excluding hydrogens is 249 g/mol. The van der Waals surface area contributed by atoms with Crippen LogP contribution in [0.15, 0.2) is 24.3 Å². The number of aliphatic carboxylic acids is 1. The van der Waals surface area contributed by atoms with Gasteiger partial charge in [0.15, 0.2) is 0 Å². The Bertz CT molecular complexity index is 460. The number of carboxylic acids is 1. The van der Waals surface area contributed by atoms with Crippen LogP contribution in [0.3, 0.4) is 0 Å². The number of halogens is 1. The highest BCUT2D eigenvalue weighted by atomic mass is 19.1. The Hall–Kier alpha value is -1.88. The van der Waals surface area contributed by atoms with Gasteiger partial charge < -0.3 is 14.7 Å². The fourth-order valence-corrected chi connectivity index (χ4v) is 1.74. The number of carbonyl (C=O) groups is 1. The monoisotopic (exact) mass is 267 g/mol. The Kier molecular flexibility index (Phi) is 6.02. The molecule has 1 N–H and O–H groups in total. The van der Waals surface area contributed by atoms with Crippen molar-refractivity contribution in [3.05, 3.63) is 35.7 Å². The lowest BCUT2D eigenvalue weighted by atomic mass is 10.1. The zero-order chi connectivity index (χ0) is 14.3. The molecule has 0 aliphatic carbocycles. The summed E-state index contributed by atoms with van der Waals surface area (Å²) in [5.41, 5.74) is 0.943. The van der Waals surface area contributed by atoms with Crippen molar-refractivity contribution >= 4 is 17.7 Å². The summed E-state index contributed by atoms with van der Waals surface area (Å²) < 4.78 is 18.7. The highest BCUT2D eigenvalue weighted by Crippen LogP contribution is 2.24. The molecule has 4 nitrogen and oxygen atoms in total. The highest BCUT2D eigenvalue weighted by molar-refractivity contribution is 5.87. The largest absolute Gasteiger partial charge is 0.478 e. The molecule has 0 amide bonds. The molecular formula is C14H18FNO3. The molecule has 1 aromatic rings. The summed E-state index contributed by atoms with van der Waals surface area (Å²) in [7, 11) is 3.46. The van der Waals surface area contributed by atoms with Crippen LogP contribution in [0.2, 0.25) is 0 Å². The lowest BCUT2D eigenvalue weighted by molar-refractivity contribution is -0.131. The van der Waals surface area contributed by atoms with Gasteiger partial charge in [0.1, 0.15) is 5.82 Å². The van der Waals surface area contributed by atoms with E-state index >= 15 is 0 Å². The van der Waals surface area contributed by atoms with E-state index in [1.807, 2.05) is 11.9 Å². The summed E-state index contributed by atoms with van der Waals surface area (Å²) in [6, 6.07) is 4.68. The normalized spacial score (nSPS) is 10.9. The summed E-state index contributed by atoms with van der Waals surface area (Å²) in [6.45, 7) is 1.32. The van der Waals surface area contributed by atoms with Crippen LogP contribution in [0.1, 0.15) is 12.0 Å². The van der Waals surface area contributed by atoms with Gasteiger partial charge in [0, 0.05) is 44.6 Å². The molecule has 5 heteroatoms. The van der Waals surface area contributed by atoms with E-state index in [9.17, 15) is 9.18 Å². The molecule has 0 aromatic heterocycles. The van der Waals surface area contributed by atoms with Crippen LogP contribution in [-0.2, 0) is 9.53 Å². The first kappa shape index (κ1) is 15.2. The molecule has 0 unspecified atom stereocenters. The van der Waals surface area contributed by atoms with Crippen LogP contribution < -0.4 is 4.90 Å². The lowest BCUT2D eigenvalue weighted by Gasteiger charge is -2.21. The molecule has 1 aromatic carbocycles. The zero-order valence-corrected chi connectivity index (χ0v) is 11.1. The van der Waals surface area contributed by atoms with Crippen molar-refractivity contribution in [3.63, 3.8) is 0 Å². The standard InChI is InChI=1S/C14H18FNO3/c1-16(9-4-10-19-2)13-6-3-5-12(15)11(13)7-8-14(17)18/h3,5-8H,4,9-10H2,1-2H3,(H,17,18)/b8-7+. The van der Waals surface area contributed by atoms with Crippen molar-refractivity contribution in [2.45, 2.75) is 6.42 Å². The molecule has 0 aliphatic rings. The summed E-state index contributed by atoms with van der Waals surface area (Å²) >= 11 is 0. The third kappa shape index (κ3) is 4.71. The average Bonchev–Trinajstić information content (AvgIpc) is 2.37. The Morgan fingerprint density at radius 1 is 1.53 bits per heavy atom. The van der Waals surface area contributed by atoms with Gasteiger partial charge in [-0.2, -0.15) is 0 Å². The quantitative estimate of drug-likeness (QED) is 0.609. The van der Waals surface area contributed by atoms with Crippen LogP contribution in [-0.4, -0.2) is 38.4 Å². The van der Waals surface area contributed by atoms with Crippen molar-refractivity contribution in [2.75, 3.05) is 32.2 Å². The van der Waals surface area contributed by atoms with E-state index in [0.717, 1.165) is 12.5 Å². The first-order valence-corrected chi connectivity index (χ1v) is 5.96. The van der Waals surface area contributed by atoms with Crippen molar-refractivity contribution in [3.8, 4) is 0 Å². The van der Waals surface area contributed by atoms with E-state index < -0.39 is 11.8 Å². The van der Waals surface area contributed by atoms with Gasteiger partial charge in [-0.3, -0.25) is 0 Å². The van der Waals surface area contributed by atoms with E-state index in [0.29, 0.717) is 18.8 Å². The van der Waals surface area contributed by atoms with Crippen LogP contribution in [0.25, 0.3) is 6.08 Å². The third-order valence-corrected chi connectivity index (χ3v) is 2.68. The number of nitrogens with zero attached hydrogens (tertiary/aromatic N) is 1. The first-order valence-electron chi connectivity index (χ1n) is 5.96. The summed E-state index contributed by atoms with van der Waals surface area (Å²) in [5.74, 6) is -1.54. The predicted molar refractivity (Wildman–Crippen MR) is 72.8 cm³/mol. The second kappa shape index (κ2) is 7.53. The Balaban J connectivity index is 2.93. The number of ether oxygens (including phenoxy) is 1. The van der Waals surface area contributed by atoms with E-state index in [1.165, 1.54) is 12.1 Å². The van der Waals surface area contributed by atoms with Crippen molar-refractivity contribution < 1.29 is 19.0 Å². The first-order chi connectivity index (χ1) is 9.06. The molecule has 0 aliphatic heterocycles. The predicted octanol–water partition coefficient (Wildman–Crippen LogP) is 2.40. The third-order valence-electron chi connectivity index (χ3n) is 2.68. The topological polar surface area (TPSA) is 49.8 Å². The van der Waals surface area contributed by atoms with Gasteiger partial charge in [0.05, 0.1) is 0 Å². The number of hydrogen-bond donors (Lipinski definition) is 1. The van der Waals surface area contributed by atoms with E-state index in [1.54, 1.807) is 19.2 Å². The average molecular weight is 267 g/mol. The number of hydrogen-bond acceptors (Lipinski definition) is 3. The van der Waals surface area contributed by atoms with E-state index in [-0.39, 0.29) is 5.56 Å². The molecule has 19 heavy (non-hydrogen) atoms. The maximum atomic E-state index is 13.8. The maximum Gasteiger partial charge on any atom is 0.328 e. The molecule has 0 heterocycles. The van der Waals surface area contributed by atoms with E-state index in [2.05, 4.69) is 0 Å². The highest BCUT2D eigenvalue weighted by Gasteiger charge is 2.09. The minimum absolute atomic E-state index is 0.282. The van der Waals surface area contributed by atoms with Gasteiger partial charge in [-0.1, -0.05) is 6.07 Å². The minimum atomic E-state index is -1.10. The second-order valence-corrected chi connectivity index (χ2v) is 4.11. The van der Waals surface area contributed by atoms with Gasteiger partial charge in [-0.25, -0.2) is 9.18 Å². The minimum Gasteiger partial charge on any atom is -0.478 e. The van der Waals surface area contributed by atoms with Crippen molar-refractivity contribution in [2.24, 2.45) is 0 Å². The number of benzene rings is 1. The second-order valence-electron chi connectivity index (χ2n) is 4.11. The van der Waals surface area contributed by atoms with E-state index in [4.69, 9.17) is 9.84 Å². The fourth-order valence-electron chi connectivity index (χ4n) is 1.74. The van der Waals surface area contributed by atoms with Gasteiger partial charge in [0.25, 0.3) is 0 Å². The SMILES string of the molecule is COCCCN(C)c1cccc(F)c1/C=C/C(=O)O. The summed E-state index contributed by atoms with van der Waals surface area (Å²) in [6.07, 6.45) is 3.02. The van der Waals surface area contributed by atoms with Crippen LogP contribution in [0.4, 0.5) is 10.1 Å². The van der Waals surface area contributed by atoms with Gasteiger partial charge >= 0.3 is 5.97 Å². The number of anilines is 1. The molecule has 0 fully saturated rings.